The van der Waals surface area contributed by atoms with Crippen molar-refractivity contribution < 1.29 is 27.5 Å². The Kier molecular flexibility index (Phi) is 5.19. The fourth-order valence-corrected chi connectivity index (χ4v) is 4.99. The molecule has 0 saturated carbocycles. The highest BCUT2D eigenvalue weighted by Crippen LogP contribution is 2.30. The van der Waals surface area contributed by atoms with Crippen molar-refractivity contribution in [1.29, 1.82) is 0 Å². The van der Waals surface area contributed by atoms with Crippen LogP contribution in [0.3, 0.4) is 0 Å². The SMILES string of the molecule is COc1ccc(S(=O)(=O)N2C(=O)CC[C@H]2C(=O)N2CCOCC2)cc1C. The van der Waals surface area contributed by atoms with Gasteiger partial charge in [0.25, 0.3) is 10.0 Å². The van der Waals surface area contributed by atoms with Gasteiger partial charge in [-0.25, -0.2) is 12.7 Å². The van der Waals surface area contributed by atoms with Crippen LogP contribution in [0.5, 0.6) is 5.75 Å². The van der Waals surface area contributed by atoms with E-state index in [1.165, 1.54) is 19.2 Å². The molecule has 0 spiro atoms. The van der Waals surface area contributed by atoms with E-state index in [0.29, 0.717) is 37.6 Å². The van der Waals surface area contributed by atoms with Gasteiger partial charge in [-0.2, -0.15) is 0 Å². The van der Waals surface area contributed by atoms with E-state index in [9.17, 15) is 18.0 Å². The maximum Gasteiger partial charge on any atom is 0.267 e. The summed E-state index contributed by atoms with van der Waals surface area (Å²) in [5, 5.41) is 0. The van der Waals surface area contributed by atoms with E-state index in [4.69, 9.17) is 9.47 Å². The Hall–Kier alpha value is -2.13. The normalized spacial score (nSPS) is 21.2. The quantitative estimate of drug-likeness (QED) is 0.755. The van der Waals surface area contributed by atoms with E-state index in [2.05, 4.69) is 0 Å². The summed E-state index contributed by atoms with van der Waals surface area (Å²) in [5.41, 5.74) is 0.635. The molecule has 1 atom stereocenters. The maximum absolute atomic E-state index is 13.1. The Labute approximate surface area is 152 Å². The molecule has 0 bridgehead atoms. The highest BCUT2D eigenvalue weighted by molar-refractivity contribution is 7.89. The number of aryl methyl sites for hydroxylation is 1. The summed E-state index contributed by atoms with van der Waals surface area (Å²) in [6.45, 7) is 3.35. The van der Waals surface area contributed by atoms with Crippen molar-refractivity contribution in [2.24, 2.45) is 0 Å². The number of hydrogen-bond acceptors (Lipinski definition) is 6. The summed E-state index contributed by atoms with van der Waals surface area (Å²) in [6, 6.07) is 3.40. The molecule has 2 saturated heterocycles. The van der Waals surface area contributed by atoms with E-state index in [-0.39, 0.29) is 23.6 Å². The van der Waals surface area contributed by atoms with Gasteiger partial charge < -0.3 is 14.4 Å². The number of hydrogen-bond donors (Lipinski definition) is 0. The van der Waals surface area contributed by atoms with E-state index in [0.717, 1.165) is 4.31 Å². The van der Waals surface area contributed by atoms with Crippen LogP contribution in [-0.2, 0) is 24.3 Å². The molecule has 26 heavy (non-hydrogen) atoms. The first-order valence-electron chi connectivity index (χ1n) is 8.44. The second-order valence-electron chi connectivity index (χ2n) is 6.32. The molecule has 2 heterocycles. The lowest BCUT2D eigenvalue weighted by molar-refractivity contribution is -0.141. The lowest BCUT2D eigenvalue weighted by Gasteiger charge is -2.32. The van der Waals surface area contributed by atoms with Gasteiger partial charge in [-0.3, -0.25) is 9.59 Å². The minimum absolute atomic E-state index is 0.0224. The summed E-state index contributed by atoms with van der Waals surface area (Å²) in [4.78, 5) is 26.7. The molecule has 2 aliphatic heterocycles. The molecular formula is C17H22N2O6S. The number of amides is 2. The summed E-state index contributed by atoms with van der Waals surface area (Å²) in [5.74, 6) is -0.337. The Balaban J connectivity index is 1.92. The van der Waals surface area contributed by atoms with Gasteiger partial charge in [0.15, 0.2) is 0 Å². The van der Waals surface area contributed by atoms with E-state index in [1.54, 1.807) is 17.9 Å². The largest absolute Gasteiger partial charge is 0.496 e. The third kappa shape index (κ3) is 3.28. The number of ether oxygens (including phenoxy) is 2. The molecule has 1 aromatic carbocycles. The van der Waals surface area contributed by atoms with Crippen molar-refractivity contribution >= 4 is 21.8 Å². The van der Waals surface area contributed by atoms with Crippen molar-refractivity contribution in [1.82, 2.24) is 9.21 Å². The average Bonchev–Trinajstić information content (AvgIpc) is 3.04. The molecule has 2 aliphatic rings. The minimum Gasteiger partial charge on any atom is -0.496 e. The van der Waals surface area contributed by atoms with Crippen LogP contribution < -0.4 is 4.74 Å². The number of sulfonamides is 1. The number of methoxy groups -OCH3 is 1. The monoisotopic (exact) mass is 382 g/mol. The second kappa shape index (κ2) is 7.24. The maximum atomic E-state index is 13.1. The molecule has 8 nitrogen and oxygen atoms in total. The summed E-state index contributed by atoms with van der Waals surface area (Å²) in [7, 11) is -2.62. The molecule has 2 amide bonds. The van der Waals surface area contributed by atoms with Crippen LogP contribution >= 0.6 is 0 Å². The summed E-state index contributed by atoms with van der Waals surface area (Å²) < 4.78 is 37.3. The zero-order valence-electron chi connectivity index (χ0n) is 14.8. The summed E-state index contributed by atoms with van der Waals surface area (Å²) in [6.07, 6.45) is 0.235. The standard InChI is InChI=1S/C17H22N2O6S/c1-12-11-13(3-5-15(12)24-2)26(22,23)19-14(4-6-16(19)20)17(21)18-7-9-25-10-8-18/h3,5,11,14H,4,6-10H2,1-2H3/t14-/m0/s1. The van der Waals surface area contributed by atoms with Crippen LogP contribution in [-0.4, -0.2) is 68.9 Å². The number of carbonyl (C=O) groups is 2. The molecule has 3 rings (SSSR count). The van der Waals surface area contributed by atoms with Crippen molar-refractivity contribution in [3.8, 4) is 5.75 Å². The molecular weight excluding hydrogens is 360 g/mol. The Morgan fingerprint density at radius 3 is 2.58 bits per heavy atom. The zero-order valence-corrected chi connectivity index (χ0v) is 15.6. The van der Waals surface area contributed by atoms with Gasteiger partial charge in [0.1, 0.15) is 11.8 Å². The topological polar surface area (TPSA) is 93.2 Å². The van der Waals surface area contributed by atoms with Gasteiger partial charge >= 0.3 is 0 Å². The molecule has 0 aliphatic carbocycles. The number of morpholine rings is 1. The van der Waals surface area contributed by atoms with Crippen LogP contribution in [0, 0.1) is 6.92 Å². The molecule has 1 aromatic rings. The first-order valence-corrected chi connectivity index (χ1v) is 9.88. The van der Waals surface area contributed by atoms with Crippen LogP contribution in [0.15, 0.2) is 23.1 Å². The second-order valence-corrected chi connectivity index (χ2v) is 8.13. The number of carbonyl (C=O) groups excluding carboxylic acids is 2. The van der Waals surface area contributed by atoms with Crippen LogP contribution in [0.4, 0.5) is 0 Å². The fourth-order valence-electron chi connectivity index (χ4n) is 3.31. The molecule has 142 valence electrons. The van der Waals surface area contributed by atoms with E-state index in [1.807, 2.05) is 0 Å². The first-order chi connectivity index (χ1) is 12.4. The van der Waals surface area contributed by atoms with Gasteiger partial charge in [-0.05, 0) is 37.1 Å². The molecule has 0 radical (unpaired) electrons. The minimum atomic E-state index is -4.12. The lowest BCUT2D eigenvalue weighted by atomic mass is 10.2. The first kappa shape index (κ1) is 18.7. The van der Waals surface area contributed by atoms with Crippen molar-refractivity contribution in [3.63, 3.8) is 0 Å². The predicted molar refractivity (Wildman–Crippen MR) is 92.2 cm³/mol. The van der Waals surface area contributed by atoms with Crippen LogP contribution in [0.25, 0.3) is 0 Å². The van der Waals surface area contributed by atoms with Crippen molar-refractivity contribution in [3.05, 3.63) is 23.8 Å². The van der Waals surface area contributed by atoms with Crippen molar-refractivity contribution in [2.45, 2.75) is 30.7 Å². The number of benzene rings is 1. The highest BCUT2D eigenvalue weighted by atomic mass is 32.2. The third-order valence-corrected chi connectivity index (χ3v) is 6.52. The van der Waals surface area contributed by atoms with Crippen LogP contribution in [0.1, 0.15) is 18.4 Å². The number of nitrogens with zero attached hydrogens (tertiary/aromatic N) is 2. The molecule has 0 N–H and O–H groups in total. The lowest BCUT2D eigenvalue weighted by Crippen LogP contribution is -2.51. The van der Waals surface area contributed by atoms with Crippen molar-refractivity contribution in [2.75, 3.05) is 33.4 Å². The molecule has 2 fully saturated rings. The molecule has 0 unspecified atom stereocenters. The van der Waals surface area contributed by atoms with Gasteiger partial charge in [0, 0.05) is 19.5 Å². The molecule has 9 heteroatoms. The number of rotatable bonds is 4. The fraction of sp³-hybridized carbons (Fsp3) is 0.529. The average molecular weight is 382 g/mol. The van der Waals surface area contributed by atoms with Gasteiger partial charge in [0.2, 0.25) is 11.8 Å². The Morgan fingerprint density at radius 2 is 1.96 bits per heavy atom. The molecule has 0 aromatic heterocycles. The zero-order chi connectivity index (χ0) is 18.9. The third-order valence-electron chi connectivity index (χ3n) is 4.69. The summed E-state index contributed by atoms with van der Waals surface area (Å²) >= 11 is 0. The van der Waals surface area contributed by atoms with Crippen LogP contribution in [0.2, 0.25) is 0 Å². The predicted octanol–water partition coefficient (Wildman–Crippen LogP) is 0.542. The van der Waals surface area contributed by atoms with Gasteiger partial charge in [0.05, 0.1) is 25.2 Å². The van der Waals surface area contributed by atoms with E-state index >= 15 is 0 Å². The Morgan fingerprint density at radius 1 is 1.27 bits per heavy atom. The Bertz CT molecular complexity index is 817. The van der Waals surface area contributed by atoms with Gasteiger partial charge in [-0.15, -0.1) is 0 Å². The van der Waals surface area contributed by atoms with E-state index < -0.39 is 22.0 Å². The van der Waals surface area contributed by atoms with Gasteiger partial charge in [-0.1, -0.05) is 0 Å². The smallest absolute Gasteiger partial charge is 0.267 e. The highest BCUT2D eigenvalue weighted by Gasteiger charge is 2.45.